The fourth-order valence-electron chi connectivity index (χ4n) is 1.92. The molecule has 1 rings (SSSR count). The Hall–Kier alpha value is -2.82. The minimum absolute atomic E-state index is 0.141. The number of rotatable bonds is 12. The topological polar surface area (TPSA) is 142 Å². The lowest BCUT2D eigenvalue weighted by molar-refractivity contribution is -0.141. The summed E-state index contributed by atoms with van der Waals surface area (Å²) in [6.45, 7) is 0.141. The zero-order chi connectivity index (χ0) is 20.2. The van der Waals surface area contributed by atoms with Gasteiger partial charge in [0.05, 0.1) is 5.75 Å². The second-order valence-corrected chi connectivity index (χ2v) is 6.33. The molecule has 11 heteroatoms. The third kappa shape index (κ3) is 9.45. The largest absolute Gasteiger partial charge is 0.481 e. The summed E-state index contributed by atoms with van der Waals surface area (Å²) in [5, 5.41) is 22.0. The molecule has 0 heterocycles. The van der Waals surface area contributed by atoms with Crippen molar-refractivity contribution >= 4 is 36.2 Å². The number of halogens is 1. The van der Waals surface area contributed by atoms with E-state index in [1.807, 2.05) is 0 Å². The van der Waals surface area contributed by atoms with Gasteiger partial charge >= 0.3 is 18.0 Å². The van der Waals surface area contributed by atoms with Crippen LogP contribution in [0.25, 0.3) is 0 Å². The zero-order valence-electron chi connectivity index (χ0n) is 14.1. The van der Waals surface area contributed by atoms with Crippen LogP contribution in [0.15, 0.2) is 24.3 Å². The number of carboxylic acids is 2. The molecule has 2 atom stereocenters. The summed E-state index contributed by atoms with van der Waals surface area (Å²) in [6.07, 6.45) is -1.75. The summed E-state index contributed by atoms with van der Waals surface area (Å²) in [6, 6.07) is 3.50. The van der Waals surface area contributed by atoms with E-state index in [4.69, 9.17) is 14.9 Å². The van der Waals surface area contributed by atoms with Gasteiger partial charge in [0.25, 0.3) is 6.47 Å². The molecule has 0 saturated carbocycles. The van der Waals surface area contributed by atoms with Gasteiger partial charge in [-0.15, -0.1) is 0 Å². The molecule has 0 fully saturated rings. The Balaban J connectivity index is 2.49. The Bertz CT molecular complexity index is 657. The zero-order valence-corrected chi connectivity index (χ0v) is 14.9. The lowest BCUT2D eigenvalue weighted by Gasteiger charge is -2.19. The highest BCUT2D eigenvalue weighted by molar-refractivity contribution is 7.98. The van der Waals surface area contributed by atoms with Crippen molar-refractivity contribution in [2.75, 3.05) is 5.75 Å². The first kappa shape index (κ1) is 22.2. The maximum absolute atomic E-state index is 12.8. The molecule has 27 heavy (non-hydrogen) atoms. The van der Waals surface area contributed by atoms with Crippen LogP contribution < -0.4 is 10.6 Å². The maximum Gasteiger partial charge on any atom is 0.326 e. The quantitative estimate of drug-likeness (QED) is 0.302. The highest BCUT2D eigenvalue weighted by Crippen LogP contribution is 2.14. The SMILES string of the molecule is O=CO[C@H](CSCc1ccc(F)cc1)NC(=O)N[C@@H](CCC(=O)O)C(=O)O. The maximum atomic E-state index is 12.8. The van der Waals surface area contributed by atoms with Crippen LogP contribution in [-0.2, 0) is 24.9 Å². The number of hydrogen-bond acceptors (Lipinski definition) is 6. The Morgan fingerprint density at radius 3 is 2.41 bits per heavy atom. The van der Waals surface area contributed by atoms with Crippen LogP contribution in [0.4, 0.5) is 9.18 Å². The van der Waals surface area contributed by atoms with Gasteiger partial charge in [-0.3, -0.25) is 9.59 Å². The van der Waals surface area contributed by atoms with Crippen LogP contribution >= 0.6 is 11.8 Å². The number of aliphatic carboxylic acids is 2. The van der Waals surface area contributed by atoms with Crippen LogP contribution in [0.1, 0.15) is 18.4 Å². The molecule has 1 aromatic carbocycles. The monoisotopic (exact) mass is 402 g/mol. The highest BCUT2D eigenvalue weighted by Gasteiger charge is 2.22. The van der Waals surface area contributed by atoms with Crippen molar-refractivity contribution < 1.29 is 38.5 Å². The first-order chi connectivity index (χ1) is 12.8. The van der Waals surface area contributed by atoms with Crippen LogP contribution in [-0.4, -0.2) is 52.7 Å². The van der Waals surface area contributed by atoms with Crippen molar-refractivity contribution in [3.05, 3.63) is 35.6 Å². The summed E-state index contributed by atoms with van der Waals surface area (Å²) in [7, 11) is 0. The molecule has 0 aromatic heterocycles. The second-order valence-electron chi connectivity index (χ2n) is 5.30. The Morgan fingerprint density at radius 2 is 1.85 bits per heavy atom. The van der Waals surface area contributed by atoms with E-state index in [1.165, 1.54) is 23.9 Å². The van der Waals surface area contributed by atoms with E-state index in [2.05, 4.69) is 10.6 Å². The summed E-state index contributed by atoms with van der Waals surface area (Å²) in [5.74, 6) is -2.30. The number of benzene rings is 1. The first-order valence-electron chi connectivity index (χ1n) is 7.74. The highest BCUT2D eigenvalue weighted by atomic mass is 32.2. The van der Waals surface area contributed by atoms with E-state index >= 15 is 0 Å². The number of hydrogen-bond donors (Lipinski definition) is 4. The molecule has 0 spiro atoms. The number of nitrogens with one attached hydrogen (secondary N) is 2. The standard InChI is InChI=1S/C16H19FN2O7S/c17-11-3-1-10(2-4-11)7-27-8-13(26-9-20)19-16(25)18-12(15(23)24)5-6-14(21)22/h1-4,9,12-13H,5-8H2,(H,21,22)(H,23,24)(H2,18,19,25)/t12-,13+/m0/s1. The number of carboxylic acid groups (broad SMARTS) is 2. The van der Waals surface area contributed by atoms with Crippen molar-refractivity contribution in [1.29, 1.82) is 0 Å². The number of carbonyl (C=O) groups is 4. The molecule has 0 aliphatic heterocycles. The lowest BCUT2D eigenvalue weighted by Crippen LogP contribution is -2.50. The van der Waals surface area contributed by atoms with Crippen LogP contribution in [0, 0.1) is 5.82 Å². The molecule has 9 nitrogen and oxygen atoms in total. The average Bonchev–Trinajstić information content (AvgIpc) is 2.60. The smallest absolute Gasteiger partial charge is 0.326 e. The van der Waals surface area contributed by atoms with E-state index in [1.54, 1.807) is 12.1 Å². The minimum Gasteiger partial charge on any atom is -0.481 e. The predicted octanol–water partition coefficient (Wildman–Crippen LogP) is 1.18. The third-order valence-electron chi connectivity index (χ3n) is 3.21. The van der Waals surface area contributed by atoms with E-state index < -0.39 is 36.7 Å². The van der Waals surface area contributed by atoms with Gasteiger partial charge in [0.15, 0.2) is 6.23 Å². The number of amides is 2. The van der Waals surface area contributed by atoms with E-state index in [9.17, 15) is 23.6 Å². The molecule has 0 aliphatic rings. The summed E-state index contributed by atoms with van der Waals surface area (Å²) >= 11 is 1.30. The Morgan fingerprint density at radius 1 is 1.19 bits per heavy atom. The van der Waals surface area contributed by atoms with Crippen molar-refractivity contribution in [3.63, 3.8) is 0 Å². The van der Waals surface area contributed by atoms with E-state index in [-0.39, 0.29) is 24.5 Å². The van der Waals surface area contributed by atoms with Gasteiger partial charge in [-0.1, -0.05) is 12.1 Å². The second kappa shape index (κ2) is 11.7. The molecular formula is C16H19FN2O7S. The van der Waals surface area contributed by atoms with Crippen LogP contribution in [0.5, 0.6) is 0 Å². The molecule has 0 saturated heterocycles. The van der Waals surface area contributed by atoms with E-state index in [0.29, 0.717) is 5.75 Å². The van der Waals surface area contributed by atoms with Gasteiger partial charge in [0.1, 0.15) is 11.9 Å². The fourth-order valence-corrected chi connectivity index (χ4v) is 2.84. The average molecular weight is 402 g/mol. The van der Waals surface area contributed by atoms with Gasteiger partial charge in [0.2, 0.25) is 0 Å². The third-order valence-corrected chi connectivity index (χ3v) is 4.29. The lowest BCUT2D eigenvalue weighted by atomic mass is 10.1. The summed E-state index contributed by atoms with van der Waals surface area (Å²) in [5.41, 5.74) is 0.829. The molecule has 2 amide bonds. The van der Waals surface area contributed by atoms with Crippen LogP contribution in [0.3, 0.4) is 0 Å². The van der Waals surface area contributed by atoms with Crippen molar-refractivity contribution in [3.8, 4) is 0 Å². The molecule has 0 unspecified atom stereocenters. The molecule has 0 bridgehead atoms. The van der Waals surface area contributed by atoms with Crippen molar-refractivity contribution in [2.45, 2.75) is 30.9 Å². The fraction of sp³-hybridized carbons (Fsp3) is 0.375. The summed E-state index contributed by atoms with van der Waals surface area (Å²) in [4.78, 5) is 44.0. The number of thioether (sulfide) groups is 1. The van der Waals surface area contributed by atoms with E-state index in [0.717, 1.165) is 5.56 Å². The van der Waals surface area contributed by atoms with Crippen molar-refractivity contribution in [2.24, 2.45) is 0 Å². The minimum atomic E-state index is -1.40. The van der Waals surface area contributed by atoms with Gasteiger partial charge in [-0.2, -0.15) is 11.8 Å². The number of carbonyl (C=O) groups excluding carboxylic acids is 2. The molecule has 4 N–H and O–H groups in total. The molecule has 148 valence electrons. The van der Waals surface area contributed by atoms with Gasteiger partial charge < -0.3 is 25.6 Å². The predicted molar refractivity (Wildman–Crippen MR) is 93.5 cm³/mol. The normalized spacial score (nSPS) is 12.5. The van der Waals surface area contributed by atoms with Gasteiger partial charge in [-0.05, 0) is 24.1 Å². The molecule has 0 radical (unpaired) electrons. The number of ether oxygens (including phenoxy) is 1. The Kier molecular flexibility index (Phi) is 9.65. The Labute approximate surface area is 158 Å². The number of urea groups is 1. The van der Waals surface area contributed by atoms with Crippen LogP contribution in [0.2, 0.25) is 0 Å². The molecule has 0 aliphatic carbocycles. The summed E-state index contributed by atoms with van der Waals surface area (Å²) < 4.78 is 17.6. The molecular weight excluding hydrogens is 383 g/mol. The van der Waals surface area contributed by atoms with Gasteiger partial charge in [-0.25, -0.2) is 14.0 Å². The molecule has 1 aromatic rings. The van der Waals surface area contributed by atoms with Crippen molar-refractivity contribution in [1.82, 2.24) is 10.6 Å². The van der Waals surface area contributed by atoms with Gasteiger partial charge in [0, 0.05) is 12.2 Å². The first-order valence-corrected chi connectivity index (χ1v) is 8.90.